The molecular formula is C14H21NO3. The number of nitrogens with one attached hydrogen (secondary N) is 1. The third kappa shape index (κ3) is 5.68. The highest BCUT2D eigenvalue weighted by Gasteiger charge is 2.00. The summed E-state index contributed by atoms with van der Waals surface area (Å²) < 4.78 is 5.55. The van der Waals surface area contributed by atoms with Crippen LogP contribution in [-0.4, -0.2) is 30.3 Å². The minimum Gasteiger partial charge on any atom is -0.491 e. The van der Waals surface area contributed by atoms with Gasteiger partial charge in [0, 0.05) is 13.0 Å². The summed E-state index contributed by atoms with van der Waals surface area (Å²) >= 11 is 0. The first kappa shape index (κ1) is 14.5. The maximum absolute atomic E-state index is 11.1. The van der Waals surface area contributed by atoms with Crippen LogP contribution in [0.15, 0.2) is 24.3 Å². The number of hydrogen-bond acceptors (Lipinski definition) is 3. The van der Waals surface area contributed by atoms with Gasteiger partial charge in [-0.2, -0.15) is 0 Å². The molecule has 1 aromatic rings. The van der Waals surface area contributed by atoms with Gasteiger partial charge in [0.25, 0.3) is 0 Å². The Balaban J connectivity index is 2.33. The van der Waals surface area contributed by atoms with Crippen LogP contribution in [0.5, 0.6) is 5.75 Å². The van der Waals surface area contributed by atoms with Crippen LogP contribution < -0.4 is 10.1 Å². The molecule has 0 fully saturated rings. The molecule has 0 saturated carbocycles. The highest BCUT2D eigenvalue weighted by molar-refractivity contribution is 5.75. The average Bonchev–Trinajstić information content (AvgIpc) is 2.31. The smallest absolute Gasteiger partial charge is 0.222 e. The molecule has 1 aromatic carbocycles. The van der Waals surface area contributed by atoms with Crippen LogP contribution in [-0.2, 0) is 11.2 Å². The largest absolute Gasteiger partial charge is 0.491 e. The summed E-state index contributed by atoms with van der Waals surface area (Å²) in [5, 5.41) is 11.3. The molecule has 4 nitrogen and oxygen atoms in total. The Labute approximate surface area is 108 Å². The number of aliphatic hydroxyl groups is 1. The zero-order chi connectivity index (χ0) is 13.4. The second kappa shape index (κ2) is 7.71. The highest BCUT2D eigenvalue weighted by atomic mass is 16.5. The van der Waals surface area contributed by atoms with E-state index in [1.54, 1.807) is 0 Å². The van der Waals surface area contributed by atoms with E-state index < -0.39 is 0 Å². The molecule has 1 amide bonds. The van der Waals surface area contributed by atoms with E-state index in [0.717, 1.165) is 17.7 Å². The lowest BCUT2D eigenvalue weighted by molar-refractivity contribution is -0.121. The molecule has 0 saturated heterocycles. The lowest BCUT2D eigenvalue weighted by Crippen LogP contribution is -2.26. The van der Waals surface area contributed by atoms with Gasteiger partial charge >= 0.3 is 0 Å². The molecule has 4 heteroatoms. The van der Waals surface area contributed by atoms with Crippen molar-refractivity contribution in [3.8, 4) is 5.75 Å². The van der Waals surface area contributed by atoms with Crippen molar-refractivity contribution in [1.29, 1.82) is 0 Å². The van der Waals surface area contributed by atoms with E-state index in [4.69, 9.17) is 9.84 Å². The highest BCUT2D eigenvalue weighted by Crippen LogP contribution is 2.13. The van der Waals surface area contributed by atoms with Crippen molar-refractivity contribution in [1.82, 2.24) is 5.32 Å². The Morgan fingerprint density at radius 2 is 2.00 bits per heavy atom. The third-order valence-electron chi connectivity index (χ3n) is 2.37. The van der Waals surface area contributed by atoms with Crippen LogP contribution in [0.25, 0.3) is 0 Å². The van der Waals surface area contributed by atoms with Gasteiger partial charge in [0.1, 0.15) is 5.75 Å². The molecule has 1 rings (SSSR count). The number of carbonyl (C=O) groups is 1. The Hall–Kier alpha value is -1.55. The molecule has 0 heterocycles. The predicted octanol–water partition coefficient (Wildman–Crippen LogP) is 1.51. The van der Waals surface area contributed by atoms with E-state index in [1.807, 2.05) is 38.1 Å². The number of carbonyl (C=O) groups excluding carboxylic acids is 1. The van der Waals surface area contributed by atoms with Gasteiger partial charge in [0.2, 0.25) is 5.91 Å². The molecule has 18 heavy (non-hydrogen) atoms. The summed E-state index contributed by atoms with van der Waals surface area (Å²) in [5.74, 6) is 0.746. The summed E-state index contributed by atoms with van der Waals surface area (Å²) in [4.78, 5) is 11.1. The maximum atomic E-state index is 11.1. The van der Waals surface area contributed by atoms with E-state index in [2.05, 4.69) is 5.32 Å². The zero-order valence-corrected chi connectivity index (χ0v) is 11.0. The fourth-order valence-corrected chi connectivity index (χ4v) is 1.54. The van der Waals surface area contributed by atoms with Gasteiger partial charge in [-0.3, -0.25) is 4.79 Å². The lowest BCUT2D eigenvalue weighted by Gasteiger charge is -2.10. The van der Waals surface area contributed by atoms with Crippen LogP contribution >= 0.6 is 0 Å². The molecule has 0 unspecified atom stereocenters. The average molecular weight is 251 g/mol. The van der Waals surface area contributed by atoms with E-state index in [0.29, 0.717) is 6.54 Å². The normalized spacial score (nSPS) is 10.4. The van der Waals surface area contributed by atoms with E-state index in [1.165, 1.54) is 0 Å². The molecule has 0 radical (unpaired) electrons. The summed E-state index contributed by atoms with van der Waals surface area (Å²) in [6.45, 7) is 4.46. The third-order valence-corrected chi connectivity index (χ3v) is 2.37. The monoisotopic (exact) mass is 251 g/mol. The summed E-state index contributed by atoms with van der Waals surface area (Å²) in [6.07, 6.45) is 1.12. The number of aliphatic hydroxyl groups excluding tert-OH is 1. The van der Waals surface area contributed by atoms with Gasteiger partial charge in [0.15, 0.2) is 0 Å². The number of ether oxygens (including phenoxy) is 1. The van der Waals surface area contributed by atoms with Gasteiger partial charge in [-0.05, 0) is 38.0 Å². The van der Waals surface area contributed by atoms with Crippen LogP contribution in [0.1, 0.15) is 25.8 Å². The number of rotatable bonds is 7. The molecule has 0 bridgehead atoms. The first-order valence-corrected chi connectivity index (χ1v) is 6.25. The Morgan fingerprint density at radius 1 is 1.33 bits per heavy atom. The van der Waals surface area contributed by atoms with Crippen molar-refractivity contribution < 1.29 is 14.6 Å². The fraction of sp³-hybridized carbons (Fsp3) is 0.500. The van der Waals surface area contributed by atoms with E-state index in [9.17, 15) is 4.79 Å². The maximum Gasteiger partial charge on any atom is 0.222 e. The van der Waals surface area contributed by atoms with E-state index in [-0.39, 0.29) is 25.0 Å². The number of hydrogen-bond donors (Lipinski definition) is 2. The van der Waals surface area contributed by atoms with Crippen molar-refractivity contribution in [3.63, 3.8) is 0 Å². The number of benzene rings is 1. The molecule has 0 aliphatic heterocycles. The SMILES string of the molecule is CC(C)Oc1ccc(CCNC(=O)CCO)cc1. The molecule has 0 aromatic heterocycles. The van der Waals surface area contributed by atoms with Crippen LogP contribution in [0.2, 0.25) is 0 Å². The minimum absolute atomic E-state index is 0.104. The molecule has 0 spiro atoms. The van der Waals surface area contributed by atoms with Crippen LogP contribution in [0.3, 0.4) is 0 Å². The van der Waals surface area contributed by atoms with Gasteiger partial charge in [-0.15, -0.1) is 0 Å². The van der Waals surface area contributed by atoms with Gasteiger partial charge in [-0.1, -0.05) is 12.1 Å². The second-order valence-electron chi connectivity index (χ2n) is 4.38. The quantitative estimate of drug-likeness (QED) is 0.772. The molecular weight excluding hydrogens is 230 g/mol. The van der Waals surface area contributed by atoms with Crippen molar-refractivity contribution in [3.05, 3.63) is 29.8 Å². The minimum atomic E-state index is -0.114. The summed E-state index contributed by atoms with van der Waals surface area (Å²) in [5.41, 5.74) is 1.15. The topological polar surface area (TPSA) is 58.6 Å². The lowest BCUT2D eigenvalue weighted by atomic mass is 10.1. The molecule has 0 aliphatic rings. The molecule has 100 valence electrons. The second-order valence-corrected chi connectivity index (χ2v) is 4.38. The van der Waals surface area contributed by atoms with Gasteiger partial charge in [-0.25, -0.2) is 0 Å². The first-order valence-electron chi connectivity index (χ1n) is 6.25. The van der Waals surface area contributed by atoms with Crippen molar-refractivity contribution in [2.45, 2.75) is 32.8 Å². The van der Waals surface area contributed by atoms with Gasteiger partial charge < -0.3 is 15.2 Å². The van der Waals surface area contributed by atoms with Crippen molar-refractivity contribution >= 4 is 5.91 Å². The summed E-state index contributed by atoms with van der Waals surface area (Å²) in [6, 6.07) is 7.86. The molecule has 2 N–H and O–H groups in total. The van der Waals surface area contributed by atoms with Crippen LogP contribution in [0, 0.1) is 0 Å². The Bertz CT molecular complexity index is 360. The van der Waals surface area contributed by atoms with Crippen molar-refractivity contribution in [2.75, 3.05) is 13.2 Å². The predicted molar refractivity (Wildman–Crippen MR) is 70.6 cm³/mol. The fourth-order valence-electron chi connectivity index (χ4n) is 1.54. The Morgan fingerprint density at radius 3 is 2.56 bits per heavy atom. The zero-order valence-electron chi connectivity index (χ0n) is 11.0. The van der Waals surface area contributed by atoms with Gasteiger partial charge in [0.05, 0.1) is 12.7 Å². The standard InChI is InChI=1S/C14H21NO3/c1-11(2)18-13-5-3-12(4-6-13)7-9-15-14(17)8-10-16/h3-6,11,16H,7-10H2,1-2H3,(H,15,17). The van der Waals surface area contributed by atoms with E-state index >= 15 is 0 Å². The Kier molecular flexibility index (Phi) is 6.22. The van der Waals surface area contributed by atoms with Crippen LogP contribution in [0.4, 0.5) is 0 Å². The number of amides is 1. The van der Waals surface area contributed by atoms with Crippen molar-refractivity contribution in [2.24, 2.45) is 0 Å². The summed E-state index contributed by atoms with van der Waals surface area (Å²) in [7, 11) is 0. The molecule has 0 aliphatic carbocycles. The first-order chi connectivity index (χ1) is 8.61. The molecule has 0 atom stereocenters.